The minimum absolute atomic E-state index is 0.0212. The largest absolute Gasteiger partial charge is 0.396 e. The Morgan fingerprint density at radius 3 is 2.09 bits per heavy atom. The molecule has 314 valence electrons. The average molecular weight is 781 g/mol. The van der Waals surface area contributed by atoms with Crippen LogP contribution in [0.1, 0.15) is 99.8 Å². The van der Waals surface area contributed by atoms with E-state index in [0.717, 1.165) is 38.5 Å². The first kappa shape index (κ1) is 42.1. The van der Waals surface area contributed by atoms with Gasteiger partial charge in [0.2, 0.25) is 0 Å². The molecule has 7 aliphatic rings. The van der Waals surface area contributed by atoms with Crippen molar-refractivity contribution in [1.29, 1.82) is 0 Å². The maximum atomic E-state index is 12.0. The molecule has 0 radical (unpaired) electrons. The summed E-state index contributed by atoms with van der Waals surface area (Å²) in [4.78, 5) is 0. The van der Waals surface area contributed by atoms with Gasteiger partial charge in [0.25, 0.3) is 0 Å². The van der Waals surface area contributed by atoms with E-state index in [2.05, 4.69) is 46.8 Å². The fourth-order valence-corrected chi connectivity index (χ4v) is 13.0. The van der Waals surface area contributed by atoms with Gasteiger partial charge in [-0.1, -0.05) is 59.3 Å². The lowest BCUT2D eigenvalue weighted by Crippen LogP contribution is -2.67. The zero-order chi connectivity index (χ0) is 40.3. The maximum Gasteiger partial charge on any atom is 0.187 e. The van der Waals surface area contributed by atoms with Gasteiger partial charge < -0.3 is 64.9 Å². The monoisotopic (exact) mass is 780 g/mol. The highest BCUT2D eigenvalue weighted by molar-refractivity contribution is 5.47. The van der Waals surface area contributed by atoms with Gasteiger partial charge in [-0.05, 0) is 91.9 Å². The molecule has 2 heterocycles. The molecule has 55 heavy (non-hydrogen) atoms. The Morgan fingerprint density at radius 1 is 0.745 bits per heavy atom. The van der Waals surface area contributed by atoms with Gasteiger partial charge in [0.05, 0.1) is 38.1 Å². The van der Waals surface area contributed by atoms with E-state index in [9.17, 15) is 46.0 Å². The average Bonchev–Trinajstić information content (AvgIpc) is 3.13. The fraction of sp³-hybridized carbons (Fsp3) is 0.905. The van der Waals surface area contributed by atoms with E-state index >= 15 is 0 Å². The molecule has 5 fully saturated rings. The zero-order valence-corrected chi connectivity index (χ0v) is 33.7. The molecule has 5 aliphatic carbocycles. The number of hydrogen-bond donors (Lipinski definition) is 9. The summed E-state index contributed by atoms with van der Waals surface area (Å²) in [6.07, 6.45) is -4.63. The lowest BCUT2D eigenvalue weighted by Gasteiger charge is -2.70. The van der Waals surface area contributed by atoms with Crippen molar-refractivity contribution in [2.24, 2.45) is 44.3 Å². The molecule has 0 aromatic rings. The molecule has 9 N–H and O–H groups in total. The van der Waals surface area contributed by atoms with E-state index in [1.807, 2.05) is 6.92 Å². The van der Waals surface area contributed by atoms with Crippen LogP contribution in [0, 0.1) is 44.3 Å². The van der Waals surface area contributed by atoms with Crippen molar-refractivity contribution < 1.29 is 64.9 Å². The van der Waals surface area contributed by atoms with Gasteiger partial charge in [0.1, 0.15) is 42.7 Å². The van der Waals surface area contributed by atoms with Gasteiger partial charge in [-0.2, -0.15) is 0 Å². The van der Waals surface area contributed by atoms with Crippen LogP contribution in [-0.2, 0) is 18.9 Å². The molecular weight excluding hydrogens is 712 g/mol. The summed E-state index contributed by atoms with van der Waals surface area (Å²) >= 11 is 0. The highest BCUT2D eigenvalue weighted by Gasteiger charge is 2.69. The smallest absolute Gasteiger partial charge is 0.187 e. The molecule has 0 aromatic heterocycles. The molecule has 13 heteroatoms. The van der Waals surface area contributed by atoms with Crippen LogP contribution >= 0.6 is 0 Å². The Morgan fingerprint density at radius 2 is 1.44 bits per heavy atom. The molecule has 13 nitrogen and oxygen atoms in total. The van der Waals surface area contributed by atoms with E-state index in [-0.39, 0.29) is 46.7 Å². The highest BCUT2D eigenvalue weighted by atomic mass is 16.7. The lowest BCUT2D eigenvalue weighted by atomic mass is 9.35. The third kappa shape index (κ3) is 6.12. The van der Waals surface area contributed by atoms with Crippen molar-refractivity contribution in [3.63, 3.8) is 0 Å². The van der Waals surface area contributed by atoms with Crippen LogP contribution in [0.2, 0.25) is 0 Å². The minimum atomic E-state index is -1.73. The van der Waals surface area contributed by atoms with E-state index in [1.54, 1.807) is 6.92 Å². The standard InChI is InChI=1S/C42H68O13/c1-21-29(47)34(55-35-32(50)31(49)30(48)24(18-43)53-35)33(51)36(52-21)54-28-11-12-38(4)25(39(28,5)19-44)10-13-40(6)26(38)9-8-22-23-16-37(2,3)14-15-42(23,20-45)27(46)17-41(22,40)7/h8-9,21,24-36,43-51H,10-20H2,1-7H3/t21-,24-,25+,26-,27+,28+,29+,30-,31+,32-,33-,34+,35+,36+,38+,39+,40-,41-,42-/m1/s1. The molecular formula is C42H68O13. The predicted molar refractivity (Wildman–Crippen MR) is 199 cm³/mol. The first-order valence-electron chi connectivity index (χ1n) is 20.6. The summed E-state index contributed by atoms with van der Waals surface area (Å²) in [7, 11) is 0. The predicted octanol–water partition coefficient (Wildman–Crippen LogP) is 1.68. The third-order valence-corrected chi connectivity index (χ3v) is 16.8. The van der Waals surface area contributed by atoms with Gasteiger partial charge in [-0.15, -0.1) is 0 Å². The molecule has 0 aromatic carbocycles. The van der Waals surface area contributed by atoms with Crippen molar-refractivity contribution in [3.05, 3.63) is 23.3 Å². The second-order valence-electron chi connectivity index (χ2n) is 20.3. The summed E-state index contributed by atoms with van der Waals surface area (Å²) in [5.41, 5.74) is 0.476. The van der Waals surface area contributed by atoms with E-state index in [0.29, 0.717) is 12.8 Å². The van der Waals surface area contributed by atoms with E-state index in [1.165, 1.54) is 11.1 Å². The van der Waals surface area contributed by atoms with Crippen molar-refractivity contribution >= 4 is 0 Å². The quantitative estimate of drug-likeness (QED) is 0.168. The molecule has 0 bridgehead atoms. The first-order chi connectivity index (χ1) is 25.7. The third-order valence-electron chi connectivity index (χ3n) is 16.8. The second-order valence-corrected chi connectivity index (χ2v) is 20.3. The lowest BCUT2D eigenvalue weighted by molar-refractivity contribution is -0.367. The van der Waals surface area contributed by atoms with Gasteiger partial charge in [0, 0.05) is 16.2 Å². The normalized spacial score (nSPS) is 54.9. The van der Waals surface area contributed by atoms with Crippen molar-refractivity contribution in [2.45, 2.75) is 173 Å². The number of hydrogen-bond acceptors (Lipinski definition) is 13. The molecule has 3 saturated carbocycles. The summed E-state index contributed by atoms with van der Waals surface area (Å²) < 4.78 is 24.0. The van der Waals surface area contributed by atoms with Gasteiger partial charge >= 0.3 is 0 Å². The Balaban J connectivity index is 1.15. The molecule has 19 atom stereocenters. The van der Waals surface area contributed by atoms with Crippen LogP contribution in [0.4, 0.5) is 0 Å². The number of aliphatic hydroxyl groups is 9. The van der Waals surface area contributed by atoms with Crippen LogP contribution in [0.3, 0.4) is 0 Å². The van der Waals surface area contributed by atoms with Crippen LogP contribution in [0.25, 0.3) is 0 Å². The Kier molecular flexibility index (Phi) is 11.0. The SMILES string of the molecule is C[C@H]1O[C@@H](O[C@H]2CC[C@@]3(C)[C@H](CC[C@]4(C)[C@@H]3C=CC3=C5CC(C)(C)CC[C@]5(CO)[C@@H](O)C[C@]34C)[C@]2(C)CO)[C@H](O)[C@@H](O[C@@H]2O[C@H](CO)[C@@H](O)[C@H](O)[C@H]2O)[C@H]1O. The molecule has 0 spiro atoms. The Hall–Kier alpha value is -1.04. The van der Waals surface area contributed by atoms with Crippen molar-refractivity contribution in [2.75, 3.05) is 19.8 Å². The number of rotatable bonds is 7. The Labute approximate surface area is 325 Å². The highest BCUT2D eigenvalue weighted by Crippen LogP contribution is 2.74. The van der Waals surface area contributed by atoms with Crippen LogP contribution < -0.4 is 0 Å². The molecule has 2 aliphatic heterocycles. The first-order valence-corrected chi connectivity index (χ1v) is 20.6. The summed E-state index contributed by atoms with van der Waals surface area (Å²) in [5.74, 6) is 0.154. The molecule has 0 amide bonds. The van der Waals surface area contributed by atoms with Crippen LogP contribution in [-0.4, -0.2) is 139 Å². The molecule has 0 unspecified atom stereocenters. The minimum Gasteiger partial charge on any atom is -0.396 e. The van der Waals surface area contributed by atoms with Crippen LogP contribution in [0.5, 0.6) is 0 Å². The maximum absolute atomic E-state index is 12.0. The van der Waals surface area contributed by atoms with E-state index < -0.39 is 91.1 Å². The van der Waals surface area contributed by atoms with Gasteiger partial charge in [-0.25, -0.2) is 0 Å². The second kappa shape index (κ2) is 14.3. The van der Waals surface area contributed by atoms with Gasteiger partial charge in [-0.3, -0.25) is 0 Å². The summed E-state index contributed by atoms with van der Waals surface area (Å²) in [5, 5.41) is 97.6. The fourth-order valence-electron chi connectivity index (χ4n) is 13.0. The summed E-state index contributed by atoms with van der Waals surface area (Å²) in [6, 6.07) is 0. The van der Waals surface area contributed by atoms with Crippen molar-refractivity contribution in [1.82, 2.24) is 0 Å². The number of allylic oxidation sites excluding steroid dienone is 3. The number of fused-ring (bicyclic) bond motifs is 6. The van der Waals surface area contributed by atoms with Crippen molar-refractivity contribution in [3.8, 4) is 0 Å². The number of ether oxygens (including phenoxy) is 4. The molecule has 7 rings (SSSR count). The number of aliphatic hydroxyl groups excluding tert-OH is 9. The van der Waals surface area contributed by atoms with E-state index in [4.69, 9.17) is 18.9 Å². The zero-order valence-electron chi connectivity index (χ0n) is 33.7. The van der Waals surface area contributed by atoms with Crippen LogP contribution in [0.15, 0.2) is 23.3 Å². The van der Waals surface area contributed by atoms with Gasteiger partial charge in [0.15, 0.2) is 12.6 Å². The summed E-state index contributed by atoms with van der Waals surface area (Å²) in [6.45, 7) is 14.4. The Bertz CT molecular complexity index is 1500. The topological polar surface area (TPSA) is 219 Å². The molecule has 2 saturated heterocycles.